The van der Waals surface area contributed by atoms with Crippen molar-refractivity contribution in [1.29, 1.82) is 0 Å². The fourth-order valence-electron chi connectivity index (χ4n) is 21.1. The van der Waals surface area contributed by atoms with Crippen LogP contribution in [0.2, 0.25) is 0 Å². The lowest BCUT2D eigenvalue weighted by atomic mass is 9.94. The molecule has 0 aliphatic carbocycles. The SMILES string of the molecule is c1ccc(-c2ccc(-c3cccc(N(c4ccc(-c5ccccc5-c5ccccc5)cc4)c4ccc5c(c4)oc4ccccc45)c3)cc2)cc1.c1ccc(-c2cccc(-c3cccc(N(c4ccc(-c5ccccc5-c5ccccc5)cc4)c4ccc5c(c4)oc4ccccc45)c3)c2)cc1.c1ccc(-c2ccccc2-c2ccc(N(c3cccc(-c4ccccc4-c4ccccc4)c3)c3ccc4c(c3)oc3ccccc34)cc2)cc1. The van der Waals surface area contributed by atoms with E-state index in [1.165, 1.54) is 117 Å². The van der Waals surface area contributed by atoms with Gasteiger partial charge in [0.25, 0.3) is 0 Å². The molecule has 6 nitrogen and oxygen atoms in total. The lowest BCUT2D eigenvalue weighted by molar-refractivity contribution is 0.668. The summed E-state index contributed by atoms with van der Waals surface area (Å²) in [6.07, 6.45) is 0. The van der Waals surface area contributed by atoms with Gasteiger partial charge in [0.2, 0.25) is 0 Å². The second kappa shape index (κ2) is 41.4. The van der Waals surface area contributed by atoms with Gasteiger partial charge in [-0.3, -0.25) is 0 Å². The monoisotopic (exact) mass is 1920 g/mol. The second-order valence-corrected chi connectivity index (χ2v) is 37.7. The van der Waals surface area contributed by atoms with E-state index in [9.17, 15) is 0 Å². The molecule has 150 heavy (non-hydrogen) atoms. The maximum atomic E-state index is 6.38. The van der Waals surface area contributed by atoms with Crippen molar-refractivity contribution >= 4 is 117 Å². The molecule has 0 unspecified atom stereocenters. The Morgan fingerprint density at radius 1 is 0.0933 bits per heavy atom. The van der Waals surface area contributed by atoms with Gasteiger partial charge in [-0.25, -0.2) is 0 Å². The van der Waals surface area contributed by atoms with Crippen molar-refractivity contribution in [2.24, 2.45) is 0 Å². The zero-order valence-corrected chi connectivity index (χ0v) is 82.2. The van der Waals surface area contributed by atoms with E-state index in [1.807, 2.05) is 36.4 Å². The highest BCUT2D eigenvalue weighted by molar-refractivity contribution is 6.09. The Kier molecular flexibility index (Phi) is 25.2. The normalized spacial score (nSPS) is 11.2. The molecule has 0 saturated heterocycles. The van der Waals surface area contributed by atoms with Gasteiger partial charge in [-0.2, -0.15) is 0 Å². The smallest absolute Gasteiger partial charge is 0.137 e. The van der Waals surface area contributed by atoms with E-state index in [0.717, 1.165) is 134 Å². The highest BCUT2D eigenvalue weighted by Gasteiger charge is 2.24. The summed E-state index contributed by atoms with van der Waals surface area (Å²) in [5.41, 5.74) is 43.5. The Morgan fingerprint density at radius 2 is 0.267 bits per heavy atom. The van der Waals surface area contributed by atoms with Crippen molar-refractivity contribution in [2.45, 2.75) is 0 Å². The predicted octanol–water partition coefficient (Wildman–Crippen LogP) is 41.2. The first-order valence-electron chi connectivity index (χ1n) is 51.0. The van der Waals surface area contributed by atoms with Crippen LogP contribution in [-0.2, 0) is 0 Å². The molecule has 0 fully saturated rings. The van der Waals surface area contributed by atoms with Gasteiger partial charge in [-0.05, 0) is 267 Å². The highest BCUT2D eigenvalue weighted by atomic mass is 16.3. The molecule has 0 saturated carbocycles. The lowest BCUT2D eigenvalue weighted by Gasteiger charge is -2.26. The number of furan rings is 3. The highest BCUT2D eigenvalue weighted by Crippen LogP contribution is 2.49. The van der Waals surface area contributed by atoms with Gasteiger partial charge >= 0.3 is 0 Å². The Labute approximate surface area is 872 Å². The van der Waals surface area contributed by atoms with Crippen molar-refractivity contribution in [3.63, 3.8) is 0 Å². The molecule has 0 spiro atoms. The molecule has 3 heterocycles. The molecule has 24 aromatic carbocycles. The average molecular weight is 1920 g/mol. The minimum absolute atomic E-state index is 0.868. The van der Waals surface area contributed by atoms with E-state index in [4.69, 9.17) is 13.3 Å². The first-order chi connectivity index (χ1) is 74.4. The fourth-order valence-corrected chi connectivity index (χ4v) is 21.1. The zero-order valence-electron chi connectivity index (χ0n) is 82.2. The average Bonchev–Trinajstić information content (AvgIpc) is 1.47. The number of hydrogen-bond donors (Lipinski definition) is 0. The van der Waals surface area contributed by atoms with Crippen LogP contribution >= 0.6 is 0 Å². The standard InChI is InChI=1S/3C48H33NO/c1-3-13-34(14-4-1)37-17-11-18-38(31-37)39-19-12-20-41(32-39)49(42-29-30-46-45-23-9-10-24-47(45)50-48(46)33-42)40-27-25-36(26-28-40)44-22-8-7-21-43(44)35-15-5-2-6-16-35;1-3-14-34(15-4-1)41-20-7-8-22-43(41)36-26-28-38(29-27-36)49(40-30-31-46-45-24-11-12-25-47(45)50-48(46)33-40)39-19-13-18-37(32-39)44-23-10-9-21-42(44)35-16-5-2-6-17-35;1-3-12-34(13-4-1)35-22-24-36(25-23-35)39-16-11-17-41(32-39)49(42-30-31-46-45-20-9-10-21-47(45)50-48(46)33-42)40-28-26-38(27-29-40)44-19-8-7-18-43(44)37-14-5-2-6-15-37/h3*1-33H. The molecule has 0 aliphatic rings. The van der Waals surface area contributed by atoms with E-state index in [2.05, 4.69) is 579 Å². The summed E-state index contributed by atoms with van der Waals surface area (Å²) in [7, 11) is 0. The third kappa shape index (κ3) is 18.8. The maximum Gasteiger partial charge on any atom is 0.137 e. The van der Waals surface area contributed by atoms with E-state index in [-0.39, 0.29) is 0 Å². The molecule has 6 heteroatoms. The van der Waals surface area contributed by atoms with Crippen LogP contribution in [0.3, 0.4) is 0 Å². The molecule has 0 N–H and O–H groups in total. The molecule has 0 atom stereocenters. The number of nitrogens with zero attached hydrogens (tertiary/aromatic N) is 3. The first-order valence-corrected chi connectivity index (χ1v) is 51.0. The number of fused-ring (bicyclic) bond motifs is 9. The zero-order chi connectivity index (χ0) is 99.8. The van der Waals surface area contributed by atoms with Crippen LogP contribution in [0.15, 0.2) is 614 Å². The minimum atomic E-state index is 0.868. The van der Waals surface area contributed by atoms with Gasteiger partial charge in [-0.1, -0.05) is 449 Å². The van der Waals surface area contributed by atoms with Crippen LogP contribution in [0, 0.1) is 0 Å². The van der Waals surface area contributed by atoms with E-state index in [0.29, 0.717) is 0 Å². The van der Waals surface area contributed by atoms with Crippen LogP contribution in [0.25, 0.3) is 199 Å². The molecule has 27 rings (SSSR count). The van der Waals surface area contributed by atoms with E-state index in [1.54, 1.807) is 0 Å². The molecular formula is C144H99N3O3. The van der Waals surface area contributed by atoms with Gasteiger partial charge in [0, 0.05) is 102 Å². The summed E-state index contributed by atoms with van der Waals surface area (Å²) < 4.78 is 19.1. The van der Waals surface area contributed by atoms with Crippen molar-refractivity contribution < 1.29 is 13.3 Å². The van der Waals surface area contributed by atoms with Gasteiger partial charge in [0.15, 0.2) is 0 Å². The molecule has 0 radical (unpaired) electrons. The number of benzene rings is 24. The Morgan fingerprint density at radius 3 is 0.573 bits per heavy atom. The Hall–Kier alpha value is -19.9. The molecular weight excluding hydrogens is 1820 g/mol. The Balaban J connectivity index is 0.000000116. The van der Waals surface area contributed by atoms with Crippen LogP contribution in [0.4, 0.5) is 51.2 Å². The van der Waals surface area contributed by atoms with Gasteiger partial charge in [-0.15, -0.1) is 0 Å². The van der Waals surface area contributed by atoms with Crippen LogP contribution < -0.4 is 14.7 Å². The number of rotatable bonds is 21. The van der Waals surface area contributed by atoms with Gasteiger partial charge in [0.1, 0.15) is 33.5 Å². The molecule has 0 bridgehead atoms. The fraction of sp³-hybridized carbons (Fsp3) is 0. The largest absolute Gasteiger partial charge is 0.456 e. The summed E-state index contributed by atoms with van der Waals surface area (Å²) in [4.78, 5) is 6.97. The molecule has 0 amide bonds. The molecule has 0 aliphatic heterocycles. The van der Waals surface area contributed by atoms with E-state index >= 15 is 0 Å². The van der Waals surface area contributed by atoms with Crippen molar-refractivity contribution in [1.82, 2.24) is 0 Å². The summed E-state index contributed by atoms with van der Waals surface area (Å²) in [5.74, 6) is 0. The van der Waals surface area contributed by atoms with E-state index < -0.39 is 0 Å². The Bertz CT molecular complexity index is 9480. The molecule has 27 aromatic rings. The van der Waals surface area contributed by atoms with Gasteiger partial charge in [0.05, 0.1) is 0 Å². The summed E-state index contributed by atoms with van der Waals surface area (Å²) in [6, 6.07) is 213. The van der Waals surface area contributed by atoms with Gasteiger partial charge < -0.3 is 28.0 Å². The second-order valence-electron chi connectivity index (χ2n) is 37.7. The topological polar surface area (TPSA) is 49.1 Å². The van der Waals surface area contributed by atoms with Crippen LogP contribution in [0.1, 0.15) is 0 Å². The third-order valence-electron chi connectivity index (χ3n) is 28.5. The summed E-state index contributed by atoms with van der Waals surface area (Å²) in [6.45, 7) is 0. The first kappa shape index (κ1) is 91.3. The third-order valence-corrected chi connectivity index (χ3v) is 28.5. The minimum Gasteiger partial charge on any atom is -0.456 e. The quantitative estimate of drug-likeness (QED) is 0.0715. The molecule has 3 aromatic heterocycles. The molecule has 708 valence electrons. The van der Waals surface area contributed by atoms with Crippen molar-refractivity contribution in [3.05, 3.63) is 601 Å². The van der Waals surface area contributed by atoms with Crippen molar-refractivity contribution in [2.75, 3.05) is 14.7 Å². The number of para-hydroxylation sites is 3. The van der Waals surface area contributed by atoms with Crippen molar-refractivity contribution in [3.8, 4) is 134 Å². The maximum absolute atomic E-state index is 6.38. The predicted molar refractivity (Wildman–Crippen MR) is 630 cm³/mol. The van der Waals surface area contributed by atoms with Crippen LogP contribution in [-0.4, -0.2) is 0 Å². The number of hydrogen-bond acceptors (Lipinski definition) is 6. The lowest BCUT2D eigenvalue weighted by Crippen LogP contribution is -2.10. The summed E-state index contributed by atoms with van der Waals surface area (Å²) in [5, 5.41) is 6.72. The number of anilines is 9. The van der Waals surface area contributed by atoms with Crippen LogP contribution in [0.5, 0.6) is 0 Å². The summed E-state index contributed by atoms with van der Waals surface area (Å²) >= 11 is 0.